The third kappa shape index (κ3) is 1.79. The van der Waals surface area contributed by atoms with Crippen LogP contribution in [-0.4, -0.2) is 11.5 Å². The highest BCUT2D eigenvalue weighted by Crippen LogP contribution is 2.40. The van der Waals surface area contributed by atoms with E-state index in [1.165, 1.54) is 0 Å². The predicted molar refractivity (Wildman–Crippen MR) is 59.1 cm³/mol. The third-order valence-electron chi connectivity index (χ3n) is 2.65. The first-order chi connectivity index (χ1) is 6.74. The molecule has 0 bridgehead atoms. The highest BCUT2D eigenvalue weighted by molar-refractivity contribution is 7.99. The Kier molecular flexibility index (Phi) is 2.79. The van der Waals surface area contributed by atoms with Gasteiger partial charge in [0.2, 0.25) is 0 Å². The Labute approximate surface area is 87.9 Å². The second-order valence-corrected chi connectivity index (χ2v) is 4.78. The van der Waals surface area contributed by atoms with E-state index in [-0.39, 0.29) is 0 Å². The molecule has 0 spiro atoms. The molecule has 1 nitrogen and oxygen atoms in total. The normalized spacial score (nSPS) is 26.7. The number of nitrogens with two attached hydrogens (primary N) is 1. The summed E-state index contributed by atoms with van der Waals surface area (Å²) >= 11 is 1.68. The number of thioether (sulfide) groups is 1. The topological polar surface area (TPSA) is 26.0 Å². The summed E-state index contributed by atoms with van der Waals surface area (Å²) in [5.41, 5.74) is 6.22. The Balaban J connectivity index is 2.30. The van der Waals surface area contributed by atoms with Crippen LogP contribution in [0.5, 0.6) is 0 Å². The van der Waals surface area contributed by atoms with Gasteiger partial charge in [-0.1, -0.05) is 24.3 Å². The lowest BCUT2D eigenvalue weighted by molar-refractivity contribution is 0.202. The maximum Gasteiger partial charge on any atom is 0.145 e. The monoisotopic (exact) mass is 211 g/mol. The molecule has 2 N–H and O–H groups in total. The van der Waals surface area contributed by atoms with Crippen LogP contribution in [-0.2, 0) is 12.2 Å². The fourth-order valence-electron chi connectivity index (χ4n) is 1.74. The molecule has 1 aliphatic heterocycles. The molecule has 76 valence electrons. The van der Waals surface area contributed by atoms with Crippen molar-refractivity contribution in [1.82, 2.24) is 0 Å². The van der Waals surface area contributed by atoms with Crippen molar-refractivity contribution in [3.63, 3.8) is 0 Å². The molecule has 1 atom stereocenters. The first-order valence-corrected chi connectivity index (χ1v) is 5.96. The van der Waals surface area contributed by atoms with E-state index >= 15 is 0 Å². The predicted octanol–water partition coefficient (Wildman–Crippen LogP) is 2.45. The average molecular weight is 211 g/mol. The Morgan fingerprint density at radius 2 is 2.36 bits per heavy atom. The zero-order valence-corrected chi connectivity index (χ0v) is 8.82. The molecule has 0 amide bonds. The van der Waals surface area contributed by atoms with Gasteiger partial charge in [0, 0.05) is 12.3 Å². The van der Waals surface area contributed by atoms with Gasteiger partial charge in [-0.25, -0.2) is 4.39 Å². The maximum atomic E-state index is 14.3. The maximum absolute atomic E-state index is 14.3. The molecule has 1 heterocycles. The quantitative estimate of drug-likeness (QED) is 0.813. The van der Waals surface area contributed by atoms with Crippen LogP contribution in [0.1, 0.15) is 17.5 Å². The van der Waals surface area contributed by atoms with E-state index < -0.39 is 5.67 Å². The van der Waals surface area contributed by atoms with Crippen LogP contribution < -0.4 is 5.73 Å². The Morgan fingerprint density at radius 1 is 1.50 bits per heavy atom. The Bertz CT molecular complexity index is 321. The van der Waals surface area contributed by atoms with Crippen molar-refractivity contribution in [3.05, 3.63) is 35.4 Å². The highest BCUT2D eigenvalue weighted by Gasteiger charge is 2.35. The molecule has 1 fully saturated rings. The first-order valence-electron chi connectivity index (χ1n) is 4.81. The summed E-state index contributed by atoms with van der Waals surface area (Å²) in [7, 11) is 0. The number of rotatable bonds is 2. The zero-order valence-electron chi connectivity index (χ0n) is 8.00. The largest absolute Gasteiger partial charge is 0.326 e. The zero-order chi connectivity index (χ0) is 10.0. The minimum atomic E-state index is -1.12. The molecule has 3 heteroatoms. The minimum Gasteiger partial charge on any atom is -0.326 e. The second-order valence-electron chi connectivity index (χ2n) is 3.67. The van der Waals surface area contributed by atoms with Crippen molar-refractivity contribution in [3.8, 4) is 0 Å². The lowest BCUT2D eigenvalue weighted by atomic mass is 9.94. The lowest BCUT2D eigenvalue weighted by Gasteiger charge is -2.19. The van der Waals surface area contributed by atoms with Crippen molar-refractivity contribution in [1.29, 1.82) is 0 Å². The third-order valence-corrected chi connectivity index (χ3v) is 3.81. The van der Waals surface area contributed by atoms with Gasteiger partial charge in [0.05, 0.1) is 0 Å². The molecular formula is C11H14FNS. The van der Waals surface area contributed by atoms with Crippen LogP contribution in [0.4, 0.5) is 4.39 Å². The van der Waals surface area contributed by atoms with Crippen molar-refractivity contribution >= 4 is 11.8 Å². The van der Waals surface area contributed by atoms with Crippen LogP contribution in [0, 0.1) is 0 Å². The molecule has 1 aromatic rings. The van der Waals surface area contributed by atoms with Crippen LogP contribution in [0.15, 0.2) is 24.3 Å². The van der Waals surface area contributed by atoms with Crippen LogP contribution in [0.3, 0.4) is 0 Å². The van der Waals surface area contributed by atoms with Gasteiger partial charge < -0.3 is 5.73 Å². The van der Waals surface area contributed by atoms with Crippen LogP contribution >= 0.6 is 11.8 Å². The number of alkyl halides is 1. The summed E-state index contributed by atoms with van der Waals surface area (Å²) in [4.78, 5) is 0. The summed E-state index contributed by atoms with van der Waals surface area (Å²) in [6.07, 6.45) is 0.631. The van der Waals surface area contributed by atoms with Gasteiger partial charge in [-0.2, -0.15) is 11.8 Å². The first kappa shape index (κ1) is 9.99. The van der Waals surface area contributed by atoms with Gasteiger partial charge >= 0.3 is 0 Å². The van der Waals surface area contributed by atoms with Crippen molar-refractivity contribution < 1.29 is 4.39 Å². The average Bonchev–Trinajstić information content (AvgIpc) is 2.67. The molecule has 0 aromatic heterocycles. The number of benzene rings is 1. The fourth-order valence-corrected chi connectivity index (χ4v) is 2.99. The van der Waals surface area contributed by atoms with Gasteiger partial charge in [0.1, 0.15) is 5.67 Å². The minimum absolute atomic E-state index is 0.483. The molecule has 1 aliphatic rings. The molecule has 1 unspecified atom stereocenters. The van der Waals surface area contributed by atoms with Crippen molar-refractivity contribution in [2.45, 2.75) is 18.6 Å². The molecule has 2 rings (SSSR count). The van der Waals surface area contributed by atoms with Gasteiger partial charge in [-0.05, 0) is 23.3 Å². The van der Waals surface area contributed by atoms with E-state index in [2.05, 4.69) is 0 Å². The van der Waals surface area contributed by atoms with Crippen molar-refractivity contribution in [2.75, 3.05) is 11.5 Å². The summed E-state index contributed by atoms with van der Waals surface area (Å²) in [6, 6.07) is 7.59. The van der Waals surface area contributed by atoms with Crippen LogP contribution in [0.2, 0.25) is 0 Å². The van der Waals surface area contributed by atoms with E-state index in [0.717, 1.165) is 16.9 Å². The molecule has 14 heavy (non-hydrogen) atoms. The molecular weight excluding hydrogens is 197 g/mol. The fraction of sp³-hybridized carbons (Fsp3) is 0.455. The molecule has 0 saturated carbocycles. The Hall–Kier alpha value is -0.540. The summed E-state index contributed by atoms with van der Waals surface area (Å²) in [5, 5.41) is 0. The van der Waals surface area contributed by atoms with E-state index in [1.807, 2.05) is 24.3 Å². The van der Waals surface area contributed by atoms with E-state index in [9.17, 15) is 4.39 Å². The highest BCUT2D eigenvalue weighted by atomic mass is 32.2. The van der Waals surface area contributed by atoms with E-state index in [0.29, 0.717) is 18.7 Å². The lowest BCUT2D eigenvalue weighted by Crippen LogP contribution is -2.19. The Morgan fingerprint density at radius 3 is 3.00 bits per heavy atom. The SMILES string of the molecule is NCc1cccc(C2(F)CCSC2)c1. The number of hydrogen-bond acceptors (Lipinski definition) is 2. The second kappa shape index (κ2) is 3.91. The molecule has 0 aliphatic carbocycles. The molecule has 1 saturated heterocycles. The summed E-state index contributed by atoms with van der Waals surface area (Å²) < 4.78 is 14.3. The van der Waals surface area contributed by atoms with Gasteiger partial charge in [0.25, 0.3) is 0 Å². The molecule has 0 radical (unpaired) electrons. The van der Waals surface area contributed by atoms with E-state index in [1.54, 1.807) is 11.8 Å². The number of hydrogen-bond donors (Lipinski definition) is 1. The van der Waals surface area contributed by atoms with E-state index in [4.69, 9.17) is 5.73 Å². The summed E-state index contributed by atoms with van der Waals surface area (Å²) in [5.74, 6) is 1.50. The molecule has 1 aromatic carbocycles. The summed E-state index contributed by atoms with van der Waals surface area (Å²) in [6.45, 7) is 0.483. The smallest absolute Gasteiger partial charge is 0.145 e. The van der Waals surface area contributed by atoms with Gasteiger partial charge in [-0.3, -0.25) is 0 Å². The van der Waals surface area contributed by atoms with Gasteiger partial charge in [-0.15, -0.1) is 0 Å². The standard InChI is InChI=1S/C11H14FNS/c12-11(4-5-14-8-11)10-3-1-2-9(6-10)7-13/h1-3,6H,4-5,7-8,13H2. The number of halogens is 1. The van der Waals surface area contributed by atoms with Crippen LogP contribution in [0.25, 0.3) is 0 Å². The van der Waals surface area contributed by atoms with Crippen molar-refractivity contribution in [2.24, 2.45) is 5.73 Å². The van der Waals surface area contributed by atoms with Gasteiger partial charge in [0.15, 0.2) is 0 Å².